The fourth-order valence-corrected chi connectivity index (χ4v) is 3.50. The molecule has 24 heavy (non-hydrogen) atoms. The van der Waals surface area contributed by atoms with Crippen molar-refractivity contribution in [2.45, 2.75) is 50.8 Å². The summed E-state index contributed by atoms with van der Waals surface area (Å²) in [4.78, 5) is 31.2. The molecule has 0 spiro atoms. The number of hydrogen-bond acceptors (Lipinski definition) is 4. The summed E-state index contributed by atoms with van der Waals surface area (Å²) in [5.41, 5.74) is 0.553. The molecule has 0 radical (unpaired) electrons. The van der Waals surface area contributed by atoms with Gasteiger partial charge < -0.3 is 10.2 Å². The van der Waals surface area contributed by atoms with Crippen molar-refractivity contribution in [1.29, 1.82) is 0 Å². The van der Waals surface area contributed by atoms with Gasteiger partial charge in [0.1, 0.15) is 5.03 Å². The predicted molar refractivity (Wildman–Crippen MR) is 97.2 cm³/mol. The molecule has 1 aliphatic heterocycles. The summed E-state index contributed by atoms with van der Waals surface area (Å²) >= 11 is 1.36. The van der Waals surface area contributed by atoms with Crippen molar-refractivity contribution in [1.82, 2.24) is 15.2 Å². The normalized spacial score (nSPS) is 16.1. The maximum absolute atomic E-state index is 12.5. The number of nitrogens with zero attached hydrogens (tertiary/aromatic N) is 2. The van der Waals surface area contributed by atoms with Crippen LogP contribution in [0.15, 0.2) is 23.4 Å². The van der Waals surface area contributed by atoms with Gasteiger partial charge in [-0.1, -0.05) is 32.5 Å². The number of hydrogen-bond donors (Lipinski definition) is 1. The lowest BCUT2D eigenvalue weighted by atomic mass is 9.97. The third kappa shape index (κ3) is 5.23. The van der Waals surface area contributed by atoms with Gasteiger partial charge in [0.2, 0.25) is 5.91 Å². The molecule has 1 aromatic heterocycles. The van der Waals surface area contributed by atoms with E-state index >= 15 is 0 Å². The first-order valence-electron chi connectivity index (χ1n) is 8.46. The summed E-state index contributed by atoms with van der Waals surface area (Å²) in [7, 11) is 0. The third-order valence-corrected chi connectivity index (χ3v) is 4.95. The summed E-state index contributed by atoms with van der Waals surface area (Å²) in [5, 5.41) is 3.32. The number of carbonyl (C=O) groups excluding carboxylic acids is 2. The number of nitrogens with one attached hydrogen (secondary N) is 1. The molecule has 1 atom stereocenters. The van der Waals surface area contributed by atoms with E-state index in [1.54, 1.807) is 18.3 Å². The van der Waals surface area contributed by atoms with E-state index in [9.17, 15) is 9.59 Å². The Morgan fingerprint density at radius 3 is 2.62 bits per heavy atom. The van der Waals surface area contributed by atoms with E-state index in [1.165, 1.54) is 11.8 Å². The average Bonchev–Trinajstić information content (AvgIpc) is 3.06. The van der Waals surface area contributed by atoms with Crippen LogP contribution >= 0.6 is 11.8 Å². The zero-order valence-electron chi connectivity index (χ0n) is 15.0. The molecule has 1 N–H and O–H groups in total. The summed E-state index contributed by atoms with van der Waals surface area (Å²) in [6.45, 7) is 10.4. The van der Waals surface area contributed by atoms with Crippen LogP contribution in [0.2, 0.25) is 0 Å². The zero-order chi connectivity index (χ0) is 17.7. The lowest BCUT2D eigenvalue weighted by Gasteiger charge is -2.21. The van der Waals surface area contributed by atoms with Crippen molar-refractivity contribution in [3.05, 3.63) is 23.9 Å². The van der Waals surface area contributed by atoms with Crippen LogP contribution in [0.3, 0.4) is 0 Å². The van der Waals surface area contributed by atoms with Crippen LogP contribution in [0.5, 0.6) is 0 Å². The fraction of sp³-hybridized carbons (Fsp3) is 0.611. The minimum Gasteiger partial charge on any atom is -0.351 e. The van der Waals surface area contributed by atoms with Crippen molar-refractivity contribution in [3.63, 3.8) is 0 Å². The Bertz CT molecular complexity index is 592. The molecule has 2 rings (SSSR count). The Hall–Kier alpha value is -1.56. The van der Waals surface area contributed by atoms with Crippen molar-refractivity contribution < 1.29 is 9.59 Å². The van der Waals surface area contributed by atoms with Crippen LogP contribution in [-0.2, 0) is 4.79 Å². The number of aromatic nitrogens is 1. The first-order chi connectivity index (χ1) is 11.3. The summed E-state index contributed by atoms with van der Waals surface area (Å²) in [6.07, 6.45) is 3.82. The van der Waals surface area contributed by atoms with Gasteiger partial charge in [0.25, 0.3) is 5.91 Å². The monoisotopic (exact) mass is 349 g/mol. The highest BCUT2D eigenvalue weighted by Crippen LogP contribution is 2.27. The average molecular weight is 350 g/mol. The number of rotatable bonds is 5. The summed E-state index contributed by atoms with van der Waals surface area (Å²) < 4.78 is 0. The highest BCUT2D eigenvalue weighted by atomic mass is 32.2. The highest BCUT2D eigenvalue weighted by molar-refractivity contribution is 8.00. The molecule has 0 unspecified atom stereocenters. The molecule has 0 aliphatic carbocycles. The highest BCUT2D eigenvalue weighted by Gasteiger charge is 2.26. The molecule has 2 heterocycles. The molecule has 132 valence electrons. The fourth-order valence-electron chi connectivity index (χ4n) is 2.51. The second kappa shape index (κ2) is 8.01. The second-order valence-corrected chi connectivity index (χ2v) is 8.72. The number of thioether (sulfide) groups is 1. The Labute approximate surface area is 148 Å². The molecular weight excluding hydrogens is 322 g/mol. The van der Waals surface area contributed by atoms with Gasteiger partial charge in [-0.3, -0.25) is 9.59 Å². The van der Waals surface area contributed by atoms with Gasteiger partial charge in [-0.15, -0.1) is 0 Å². The van der Waals surface area contributed by atoms with Crippen molar-refractivity contribution in [2.75, 3.05) is 19.6 Å². The van der Waals surface area contributed by atoms with Crippen LogP contribution in [0.25, 0.3) is 0 Å². The van der Waals surface area contributed by atoms with Crippen LogP contribution in [0, 0.1) is 5.41 Å². The Kier molecular flexibility index (Phi) is 6.27. The lowest BCUT2D eigenvalue weighted by molar-refractivity contribution is -0.129. The standard InChI is InChI=1S/C18H27N3O2S/c1-13(17(23)21-10-5-6-11-21)24-16-14(8-7-9-19-16)15(22)20-12-18(2,3)4/h7-9,13H,5-6,10-12H2,1-4H3,(H,20,22)/t13-/m1/s1. The lowest BCUT2D eigenvalue weighted by Crippen LogP contribution is -2.34. The molecule has 5 nitrogen and oxygen atoms in total. The SMILES string of the molecule is C[C@@H](Sc1ncccc1C(=O)NCC(C)(C)C)C(=O)N1CCCC1. The van der Waals surface area contributed by atoms with Crippen molar-refractivity contribution in [3.8, 4) is 0 Å². The minimum atomic E-state index is -0.243. The second-order valence-electron chi connectivity index (χ2n) is 7.39. The Morgan fingerprint density at radius 2 is 2.00 bits per heavy atom. The minimum absolute atomic E-state index is 0.0180. The van der Waals surface area contributed by atoms with Crippen LogP contribution in [-0.4, -0.2) is 46.6 Å². The number of carbonyl (C=O) groups is 2. The molecule has 0 aromatic carbocycles. The van der Waals surface area contributed by atoms with Crippen LogP contribution in [0.4, 0.5) is 0 Å². The molecule has 2 amide bonds. The quantitative estimate of drug-likeness (QED) is 0.830. The van der Waals surface area contributed by atoms with Crippen LogP contribution < -0.4 is 5.32 Å². The first kappa shape index (κ1) is 18.8. The topological polar surface area (TPSA) is 62.3 Å². The van der Waals surface area contributed by atoms with Gasteiger partial charge in [0, 0.05) is 25.8 Å². The molecule has 0 bridgehead atoms. The molecule has 6 heteroatoms. The molecule has 1 saturated heterocycles. The van der Waals surface area contributed by atoms with E-state index in [-0.39, 0.29) is 22.5 Å². The largest absolute Gasteiger partial charge is 0.351 e. The summed E-state index contributed by atoms with van der Waals surface area (Å²) in [6, 6.07) is 3.52. The van der Waals surface area contributed by atoms with E-state index < -0.39 is 0 Å². The van der Waals surface area contributed by atoms with Gasteiger partial charge in [0.15, 0.2) is 0 Å². The van der Waals surface area contributed by atoms with E-state index in [2.05, 4.69) is 31.1 Å². The zero-order valence-corrected chi connectivity index (χ0v) is 15.8. The van der Waals surface area contributed by atoms with Crippen LogP contribution in [0.1, 0.15) is 50.9 Å². The molecule has 1 aliphatic rings. The first-order valence-corrected chi connectivity index (χ1v) is 9.34. The molecule has 1 fully saturated rings. The maximum atomic E-state index is 12.5. The number of likely N-dealkylation sites (tertiary alicyclic amines) is 1. The maximum Gasteiger partial charge on any atom is 0.254 e. The number of pyridine rings is 1. The smallest absolute Gasteiger partial charge is 0.254 e. The van der Waals surface area contributed by atoms with Gasteiger partial charge in [0.05, 0.1) is 10.8 Å². The van der Waals surface area contributed by atoms with E-state index in [4.69, 9.17) is 0 Å². The van der Waals surface area contributed by atoms with Gasteiger partial charge in [-0.05, 0) is 37.3 Å². The molecule has 0 saturated carbocycles. The van der Waals surface area contributed by atoms with Crippen molar-refractivity contribution >= 4 is 23.6 Å². The summed E-state index contributed by atoms with van der Waals surface area (Å²) in [5.74, 6) is -0.00875. The Balaban J connectivity index is 2.05. The van der Waals surface area contributed by atoms with E-state index in [1.807, 2.05) is 11.8 Å². The predicted octanol–water partition coefficient (Wildman–Crippen LogP) is 2.96. The van der Waals surface area contributed by atoms with E-state index in [0.717, 1.165) is 25.9 Å². The van der Waals surface area contributed by atoms with Crippen molar-refractivity contribution in [2.24, 2.45) is 5.41 Å². The molecular formula is C18H27N3O2S. The molecule has 1 aromatic rings. The van der Waals surface area contributed by atoms with Gasteiger partial charge in [-0.25, -0.2) is 4.98 Å². The van der Waals surface area contributed by atoms with Gasteiger partial charge in [-0.2, -0.15) is 0 Å². The number of amides is 2. The van der Waals surface area contributed by atoms with E-state index in [0.29, 0.717) is 17.1 Å². The van der Waals surface area contributed by atoms with Gasteiger partial charge >= 0.3 is 0 Å². The third-order valence-electron chi connectivity index (χ3n) is 3.85. The Morgan fingerprint density at radius 1 is 1.33 bits per heavy atom.